The van der Waals surface area contributed by atoms with Crippen LogP contribution in [0.1, 0.15) is 61.6 Å². The van der Waals surface area contributed by atoms with Crippen molar-refractivity contribution in [2.75, 3.05) is 0 Å². The smallest absolute Gasteiger partial charge is 0.305 e. The van der Waals surface area contributed by atoms with E-state index in [0.717, 1.165) is 10.6 Å². The zero-order valence-corrected chi connectivity index (χ0v) is 11.7. The van der Waals surface area contributed by atoms with E-state index in [2.05, 4.69) is 0 Å². The van der Waals surface area contributed by atoms with E-state index in [1.54, 1.807) is 0 Å². The first-order valence-corrected chi connectivity index (χ1v) is 7.22. The van der Waals surface area contributed by atoms with Gasteiger partial charge in [-0.15, -0.1) is 0 Å². The molecule has 1 atom stereocenters. The van der Waals surface area contributed by atoms with E-state index < -0.39 is 12.0 Å². The topological polar surface area (TPSA) is 63.3 Å². The van der Waals surface area contributed by atoms with Gasteiger partial charge in [-0.25, -0.2) is 0 Å². The molecular weight excluding hydrogens is 262 g/mol. The van der Waals surface area contributed by atoms with Crippen LogP contribution in [-0.2, 0) is 4.79 Å². The number of hydrogen-bond donors (Lipinski definition) is 2. The molecule has 0 radical (unpaired) electrons. The van der Waals surface area contributed by atoms with Crippen LogP contribution in [0.3, 0.4) is 0 Å². The van der Waals surface area contributed by atoms with Crippen LogP contribution in [0.4, 0.5) is 0 Å². The number of carbonyl (C=O) groups is 1. The minimum absolute atomic E-state index is 0.0703. The van der Waals surface area contributed by atoms with Gasteiger partial charge in [-0.2, -0.15) is 0 Å². The zero-order chi connectivity index (χ0) is 13.8. The summed E-state index contributed by atoms with van der Waals surface area (Å²) in [6, 6.07) is 5.29. The standard InChI is InChI=1S/C15H20ClNO2/c16-13-8-11(14(17)9-15(18)19)6-7-12(13)10-4-2-1-3-5-10/h6-8,10,14H,1-5,9,17H2,(H,18,19). The molecule has 104 valence electrons. The highest BCUT2D eigenvalue weighted by atomic mass is 35.5. The molecule has 0 spiro atoms. The van der Waals surface area contributed by atoms with Crippen LogP contribution in [0, 0.1) is 0 Å². The van der Waals surface area contributed by atoms with Gasteiger partial charge in [0.05, 0.1) is 6.42 Å². The molecule has 1 aliphatic rings. The summed E-state index contributed by atoms with van der Waals surface area (Å²) >= 11 is 6.34. The second-order valence-corrected chi connectivity index (χ2v) is 5.73. The van der Waals surface area contributed by atoms with E-state index in [1.165, 1.54) is 37.7 Å². The molecule has 0 saturated heterocycles. The van der Waals surface area contributed by atoms with E-state index in [-0.39, 0.29) is 6.42 Å². The molecule has 19 heavy (non-hydrogen) atoms. The predicted molar refractivity (Wildman–Crippen MR) is 76.5 cm³/mol. The average molecular weight is 282 g/mol. The summed E-state index contributed by atoms with van der Waals surface area (Å²) in [5.74, 6) is -0.342. The Morgan fingerprint density at radius 1 is 1.37 bits per heavy atom. The molecular formula is C15H20ClNO2. The zero-order valence-electron chi connectivity index (χ0n) is 10.9. The van der Waals surface area contributed by atoms with Gasteiger partial charge in [0.15, 0.2) is 0 Å². The number of rotatable bonds is 4. The highest BCUT2D eigenvalue weighted by Gasteiger charge is 2.19. The van der Waals surface area contributed by atoms with Crippen molar-refractivity contribution < 1.29 is 9.90 Å². The van der Waals surface area contributed by atoms with E-state index in [9.17, 15) is 4.79 Å². The Labute approximate surface area is 118 Å². The van der Waals surface area contributed by atoms with Crippen molar-refractivity contribution >= 4 is 17.6 Å². The van der Waals surface area contributed by atoms with Gasteiger partial charge in [0, 0.05) is 11.1 Å². The molecule has 0 aromatic heterocycles. The summed E-state index contributed by atoms with van der Waals surface area (Å²) in [6.07, 6.45) is 6.16. The van der Waals surface area contributed by atoms with Crippen molar-refractivity contribution in [3.63, 3.8) is 0 Å². The number of aliphatic carboxylic acids is 1. The summed E-state index contributed by atoms with van der Waals surface area (Å²) in [6.45, 7) is 0. The van der Waals surface area contributed by atoms with Gasteiger partial charge in [-0.3, -0.25) is 4.79 Å². The van der Waals surface area contributed by atoms with Crippen LogP contribution >= 0.6 is 11.6 Å². The van der Waals surface area contributed by atoms with E-state index >= 15 is 0 Å². The third kappa shape index (κ3) is 3.71. The number of benzene rings is 1. The van der Waals surface area contributed by atoms with Crippen molar-refractivity contribution in [2.24, 2.45) is 5.73 Å². The summed E-state index contributed by atoms with van der Waals surface area (Å²) in [4.78, 5) is 10.7. The van der Waals surface area contributed by atoms with Crippen LogP contribution in [0.15, 0.2) is 18.2 Å². The van der Waals surface area contributed by atoms with E-state index in [0.29, 0.717) is 5.92 Å². The third-order valence-electron chi connectivity index (χ3n) is 3.89. The number of hydrogen-bond acceptors (Lipinski definition) is 2. The molecule has 0 aliphatic heterocycles. The number of carboxylic acids is 1. The Morgan fingerprint density at radius 3 is 2.63 bits per heavy atom. The van der Waals surface area contributed by atoms with E-state index in [4.69, 9.17) is 22.4 Å². The fourth-order valence-electron chi connectivity index (χ4n) is 2.82. The van der Waals surface area contributed by atoms with Crippen molar-refractivity contribution in [1.29, 1.82) is 0 Å². The van der Waals surface area contributed by atoms with Gasteiger partial charge in [0.1, 0.15) is 0 Å². The molecule has 0 amide bonds. The summed E-state index contributed by atoms with van der Waals surface area (Å²) < 4.78 is 0. The van der Waals surface area contributed by atoms with Crippen LogP contribution in [0.2, 0.25) is 5.02 Å². The lowest BCUT2D eigenvalue weighted by Gasteiger charge is -2.23. The normalized spacial score (nSPS) is 18.2. The maximum Gasteiger partial charge on any atom is 0.305 e. The van der Waals surface area contributed by atoms with Crippen LogP contribution < -0.4 is 5.73 Å². The molecule has 1 fully saturated rings. The van der Waals surface area contributed by atoms with Gasteiger partial charge in [0.25, 0.3) is 0 Å². The quantitative estimate of drug-likeness (QED) is 0.881. The second kappa shape index (κ2) is 6.40. The van der Waals surface area contributed by atoms with Crippen molar-refractivity contribution in [2.45, 2.75) is 50.5 Å². The first kappa shape index (κ1) is 14.4. The van der Waals surface area contributed by atoms with Gasteiger partial charge >= 0.3 is 5.97 Å². The lowest BCUT2D eigenvalue weighted by Crippen LogP contribution is -2.15. The van der Waals surface area contributed by atoms with Crippen LogP contribution in [0.25, 0.3) is 0 Å². The molecule has 3 N–H and O–H groups in total. The van der Waals surface area contributed by atoms with Crippen molar-refractivity contribution in [1.82, 2.24) is 0 Å². The second-order valence-electron chi connectivity index (χ2n) is 5.32. The Bertz CT molecular complexity index is 455. The van der Waals surface area contributed by atoms with Gasteiger partial charge in [-0.1, -0.05) is 43.0 Å². The van der Waals surface area contributed by atoms with Crippen molar-refractivity contribution in [3.8, 4) is 0 Å². The highest BCUT2D eigenvalue weighted by molar-refractivity contribution is 6.31. The van der Waals surface area contributed by atoms with Gasteiger partial charge < -0.3 is 10.8 Å². The average Bonchev–Trinajstić information content (AvgIpc) is 2.38. The molecule has 1 aliphatic carbocycles. The first-order chi connectivity index (χ1) is 9.08. The Hall–Kier alpha value is -1.06. The maximum atomic E-state index is 10.7. The number of nitrogens with two attached hydrogens (primary N) is 1. The summed E-state index contributed by atoms with van der Waals surface area (Å²) in [5, 5.41) is 9.49. The van der Waals surface area contributed by atoms with Gasteiger partial charge in [-0.05, 0) is 36.0 Å². The highest BCUT2D eigenvalue weighted by Crippen LogP contribution is 2.37. The Kier molecular flexibility index (Phi) is 4.83. The Balaban J connectivity index is 2.14. The SMILES string of the molecule is NC(CC(=O)O)c1ccc(C2CCCCC2)c(Cl)c1. The molecule has 2 rings (SSSR count). The summed E-state index contributed by atoms with van der Waals surface area (Å²) in [5.41, 5.74) is 7.84. The van der Waals surface area contributed by atoms with E-state index in [1.807, 2.05) is 18.2 Å². The summed E-state index contributed by atoms with van der Waals surface area (Å²) in [7, 11) is 0. The lowest BCUT2D eigenvalue weighted by molar-refractivity contribution is -0.137. The maximum absolute atomic E-state index is 10.7. The Morgan fingerprint density at radius 2 is 2.05 bits per heavy atom. The largest absolute Gasteiger partial charge is 0.481 e. The lowest BCUT2D eigenvalue weighted by atomic mass is 9.83. The molecule has 1 unspecified atom stereocenters. The van der Waals surface area contributed by atoms with Crippen LogP contribution in [-0.4, -0.2) is 11.1 Å². The molecule has 4 heteroatoms. The number of halogens is 1. The fraction of sp³-hybridized carbons (Fsp3) is 0.533. The molecule has 0 bridgehead atoms. The third-order valence-corrected chi connectivity index (χ3v) is 4.22. The van der Waals surface area contributed by atoms with Gasteiger partial charge in [0.2, 0.25) is 0 Å². The molecule has 3 nitrogen and oxygen atoms in total. The minimum Gasteiger partial charge on any atom is -0.481 e. The van der Waals surface area contributed by atoms with Crippen molar-refractivity contribution in [3.05, 3.63) is 34.3 Å². The first-order valence-electron chi connectivity index (χ1n) is 6.84. The fourth-order valence-corrected chi connectivity index (χ4v) is 3.17. The molecule has 1 aromatic rings. The minimum atomic E-state index is -0.889. The molecule has 0 heterocycles. The number of carboxylic acid groups (broad SMARTS) is 1. The predicted octanol–water partition coefficient (Wildman–Crippen LogP) is 3.86. The monoisotopic (exact) mass is 281 g/mol. The molecule has 1 saturated carbocycles. The van der Waals surface area contributed by atoms with Crippen LogP contribution in [0.5, 0.6) is 0 Å². The molecule has 1 aromatic carbocycles.